The van der Waals surface area contributed by atoms with E-state index in [1.807, 2.05) is 66.7 Å². The van der Waals surface area contributed by atoms with E-state index >= 15 is 0 Å². The number of benzene rings is 3. The van der Waals surface area contributed by atoms with Crippen molar-refractivity contribution in [3.63, 3.8) is 0 Å². The van der Waals surface area contributed by atoms with Crippen LogP contribution in [0.3, 0.4) is 0 Å². The van der Waals surface area contributed by atoms with E-state index in [4.69, 9.17) is 9.47 Å². The Morgan fingerprint density at radius 3 is 2.24 bits per heavy atom. The SMILES string of the molecule is COc1nc(N(C=O)CC(=O)O)c(OCc2ccccc2)c2ccc(Cc3ccccc3)cc12. The molecule has 0 radical (unpaired) electrons. The van der Waals surface area contributed by atoms with Gasteiger partial charge in [-0.15, -0.1) is 0 Å². The van der Waals surface area contributed by atoms with Crippen LogP contribution in [0, 0.1) is 0 Å². The quantitative estimate of drug-likeness (QED) is 0.355. The van der Waals surface area contributed by atoms with E-state index in [-0.39, 0.29) is 18.3 Å². The maximum Gasteiger partial charge on any atom is 0.323 e. The number of carboxylic acid groups (broad SMARTS) is 1. The Morgan fingerprint density at radius 2 is 1.62 bits per heavy atom. The molecule has 1 N–H and O–H groups in total. The third-order valence-electron chi connectivity index (χ3n) is 5.34. The first-order chi connectivity index (χ1) is 16.6. The number of pyridine rings is 1. The minimum absolute atomic E-state index is 0.0912. The predicted octanol–water partition coefficient (Wildman–Crippen LogP) is 4.46. The summed E-state index contributed by atoms with van der Waals surface area (Å²) in [4.78, 5) is 28.6. The highest BCUT2D eigenvalue weighted by Gasteiger charge is 2.23. The molecule has 0 fully saturated rings. The van der Waals surface area contributed by atoms with Gasteiger partial charge in [-0.25, -0.2) is 0 Å². The number of carboxylic acids is 1. The normalized spacial score (nSPS) is 10.6. The molecule has 0 unspecified atom stereocenters. The maximum atomic E-state index is 11.8. The van der Waals surface area contributed by atoms with E-state index < -0.39 is 12.5 Å². The number of methoxy groups -OCH3 is 1. The molecule has 0 aliphatic heterocycles. The Bertz CT molecular complexity index is 1290. The van der Waals surface area contributed by atoms with Crippen molar-refractivity contribution >= 4 is 29.0 Å². The predicted molar refractivity (Wildman–Crippen MR) is 129 cm³/mol. The van der Waals surface area contributed by atoms with E-state index in [0.717, 1.165) is 22.4 Å². The minimum atomic E-state index is -1.17. The topological polar surface area (TPSA) is 89.0 Å². The van der Waals surface area contributed by atoms with Gasteiger partial charge in [0.05, 0.1) is 7.11 Å². The molecule has 0 atom stereocenters. The van der Waals surface area contributed by atoms with Crippen molar-refractivity contribution in [2.24, 2.45) is 0 Å². The fourth-order valence-corrected chi connectivity index (χ4v) is 3.77. The number of nitrogens with zero attached hydrogens (tertiary/aromatic N) is 2. The highest BCUT2D eigenvalue weighted by atomic mass is 16.5. The molecule has 7 nitrogen and oxygen atoms in total. The Morgan fingerprint density at radius 1 is 0.941 bits per heavy atom. The number of hydrogen-bond donors (Lipinski definition) is 1. The summed E-state index contributed by atoms with van der Waals surface area (Å²) in [5.74, 6) is -0.475. The first-order valence-electron chi connectivity index (χ1n) is 10.7. The number of carbonyl (C=O) groups excluding carboxylic acids is 1. The second-order valence-corrected chi connectivity index (χ2v) is 7.72. The molecule has 172 valence electrons. The largest absolute Gasteiger partial charge is 0.484 e. The van der Waals surface area contributed by atoms with Gasteiger partial charge in [0.2, 0.25) is 12.3 Å². The highest BCUT2D eigenvalue weighted by molar-refractivity contribution is 5.99. The fraction of sp³-hybridized carbons (Fsp3) is 0.148. The van der Waals surface area contributed by atoms with E-state index in [0.29, 0.717) is 22.9 Å². The molecule has 0 aliphatic carbocycles. The molecule has 0 saturated carbocycles. The second-order valence-electron chi connectivity index (χ2n) is 7.72. The summed E-state index contributed by atoms with van der Waals surface area (Å²) >= 11 is 0. The van der Waals surface area contributed by atoms with Crippen molar-refractivity contribution in [2.75, 3.05) is 18.6 Å². The smallest absolute Gasteiger partial charge is 0.323 e. The average Bonchev–Trinajstić information content (AvgIpc) is 2.86. The van der Waals surface area contributed by atoms with Crippen LogP contribution in [-0.4, -0.2) is 36.1 Å². The van der Waals surface area contributed by atoms with Gasteiger partial charge in [-0.1, -0.05) is 72.8 Å². The number of fused-ring (bicyclic) bond motifs is 1. The molecular weight excluding hydrogens is 432 g/mol. The molecule has 7 heteroatoms. The summed E-state index contributed by atoms with van der Waals surface area (Å²) < 4.78 is 11.7. The lowest BCUT2D eigenvalue weighted by Crippen LogP contribution is -2.29. The molecule has 1 heterocycles. The monoisotopic (exact) mass is 456 g/mol. The number of amides is 1. The van der Waals surface area contributed by atoms with Gasteiger partial charge in [-0.3, -0.25) is 14.5 Å². The molecule has 0 aliphatic rings. The number of anilines is 1. The zero-order valence-corrected chi connectivity index (χ0v) is 18.7. The van der Waals surface area contributed by atoms with E-state index in [1.165, 1.54) is 12.7 Å². The number of aromatic nitrogens is 1. The third kappa shape index (κ3) is 5.15. The summed E-state index contributed by atoms with van der Waals surface area (Å²) in [5, 5.41) is 10.7. The molecule has 3 aromatic carbocycles. The Hall–Kier alpha value is -4.39. The summed E-state index contributed by atoms with van der Waals surface area (Å²) in [6.45, 7) is -0.332. The summed E-state index contributed by atoms with van der Waals surface area (Å²) in [6.07, 6.45) is 1.16. The van der Waals surface area contributed by atoms with Gasteiger partial charge in [0.25, 0.3) is 0 Å². The lowest BCUT2D eigenvalue weighted by molar-refractivity contribution is -0.136. The van der Waals surface area contributed by atoms with E-state index in [9.17, 15) is 14.7 Å². The Labute approximate surface area is 197 Å². The Kier molecular flexibility index (Phi) is 7.03. The molecule has 0 bridgehead atoms. The number of carbonyl (C=O) groups is 2. The number of rotatable bonds is 10. The van der Waals surface area contributed by atoms with Gasteiger partial charge in [-0.05, 0) is 29.2 Å². The van der Waals surface area contributed by atoms with Crippen molar-refractivity contribution in [3.8, 4) is 11.6 Å². The van der Waals surface area contributed by atoms with Crippen molar-refractivity contribution in [2.45, 2.75) is 13.0 Å². The number of ether oxygens (including phenoxy) is 2. The van der Waals surface area contributed by atoms with Gasteiger partial charge in [0.15, 0.2) is 11.6 Å². The molecular formula is C27H24N2O5. The lowest BCUT2D eigenvalue weighted by Gasteiger charge is -2.21. The van der Waals surface area contributed by atoms with Crippen LogP contribution in [0.4, 0.5) is 5.82 Å². The average molecular weight is 456 g/mol. The minimum Gasteiger partial charge on any atom is -0.484 e. The summed E-state index contributed by atoms with van der Waals surface area (Å²) in [7, 11) is 1.49. The van der Waals surface area contributed by atoms with Gasteiger partial charge in [0, 0.05) is 10.8 Å². The van der Waals surface area contributed by atoms with Crippen molar-refractivity contribution in [1.29, 1.82) is 0 Å². The lowest BCUT2D eigenvalue weighted by atomic mass is 10.0. The first-order valence-corrected chi connectivity index (χ1v) is 10.7. The Balaban J connectivity index is 1.82. The van der Waals surface area contributed by atoms with Crippen LogP contribution in [0.1, 0.15) is 16.7 Å². The first kappa shape index (κ1) is 22.8. The zero-order valence-electron chi connectivity index (χ0n) is 18.7. The van der Waals surface area contributed by atoms with Crippen LogP contribution in [-0.2, 0) is 22.6 Å². The van der Waals surface area contributed by atoms with Gasteiger partial charge in [-0.2, -0.15) is 4.98 Å². The molecule has 0 saturated heterocycles. The van der Waals surface area contributed by atoms with Crippen LogP contribution < -0.4 is 14.4 Å². The van der Waals surface area contributed by atoms with Crippen LogP contribution in [0.15, 0.2) is 78.9 Å². The molecule has 34 heavy (non-hydrogen) atoms. The standard InChI is InChI=1S/C27H24N2O5/c1-33-27-23-15-21(14-19-8-4-2-5-9-19)12-13-22(23)25(34-17-20-10-6-3-7-11-20)26(28-27)29(18-30)16-24(31)32/h2-13,15,18H,14,16-17H2,1H3,(H,31,32). The molecule has 1 aromatic heterocycles. The molecule has 1 amide bonds. The summed E-state index contributed by atoms with van der Waals surface area (Å²) in [6, 6.07) is 25.5. The van der Waals surface area contributed by atoms with Crippen molar-refractivity contribution < 1.29 is 24.2 Å². The zero-order chi connectivity index (χ0) is 23.9. The van der Waals surface area contributed by atoms with Crippen molar-refractivity contribution in [1.82, 2.24) is 4.98 Å². The van der Waals surface area contributed by atoms with Gasteiger partial charge in [0.1, 0.15) is 13.2 Å². The van der Waals surface area contributed by atoms with Crippen LogP contribution in [0.25, 0.3) is 10.8 Å². The van der Waals surface area contributed by atoms with Crippen LogP contribution in [0.5, 0.6) is 11.6 Å². The number of hydrogen-bond acceptors (Lipinski definition) is 5. The third-order valence-corrected chi connectivity index (χ3v) is 5.34. The fourth-order valence-electron chi connectivity index (χ4n) is 3.77. The van der Waals surface area contributed by atoms with E-state index in [1.54, 1.807) is 0 Å². The summed E-state index contributed by atoms with van der Waals surface area (Å²) in [5.41, 5.74) is 3.15. The molecule has 0 spiro atoms. The highest BCUT2D eigenvalue weighted by Crippen LogP contribution is 2.40. The van der Waals surface area contributed by atoms with Crippen molar-refractivity contribution in [3.05, 3.63) is 95.6 Å². The van der Waals surface area contributed by atoms with Gasteiger partial charge < -0.3 is 14.6 Å². The van der Waals surface area contributed by atoms with Crippen LogP contribution in [0.2, 0.25) is 0 Å². The van der Waals surface area contributed by atoms with Crippen LogP contribution >= 0.6 is 0 Å². The molecule has 4 aromatic rings. The van der Waals surface area contributed by atoms with E-state index in [2.05, 4.69) is 17.1 Å². The molecule has 4 rings (SSSR count). The van der Waals surface area contributed by atoms with Gasteiger partial charge >= 0.3 is 5.97 Å². The maximum absolute atomic E-state index is 11.8. The second kappa shape index (κ2) is 10.5. The number of aliphatic carboxylic acids is 1.